The van der Waals surface area contributed by atoms with Crippen LogP contribution in [0.3, 0.4) is 0 Å². The van der Waals surface area contributed by atoms with Crippen molar-refractivity contribution in [2.75, 3.05) is 12.4 Å². The van der Waals surface area contributed by atoms with Gasteiger partial charge in [0.2, 0.25) is 11.8 Å². The molecule has 1 fully saturated rings. The first-order chi connectivity index (χ1) is 13.0. The molecule has 3 rings (SSSR count). The molecule has 0 aliphatic carbocycles. The lowest BCUT2D eigenvalue weighted by atomic mass is 10.1. The predicted molar refractivity (Wildman–Crippen MR) is 101 cm³/mol. The van der Waals surface area contributed by atoms with Crippen LogP contribution in [0.15, 0.2) is 30.3 Å². The molecule has 2 unspecified atom stereocenters. The zero-order valence-electron chi connectivity index (χ0n) is 15.8. The molecular formula is C19H25N5O3. The maximum absolute atomic E-state index is 12.5. The zero-order valence-corrected chi connectivity index (χ0v) is 15.8. The Labute approximate surface area is 158 Å². The third kappa shape index (κ3) is 4.65. The van der Waals surface area contributed by atoms with E-state index in [1.165, 1.54) is 0 Å². The van der Waals surface area contributed by atoms with Gasteiger partial charge in [-0.25, -0.2) is 4.68 Å². The summed E-state index contributed by atoms with van der Waals surface area (Å²) in [5, 5.41) is 13.5. The van der Waals surface area contributed by atoms with Crippen molar-refractivity contribution in [1.29, 1.82) is 0 Å². The van der Waals surface area contributed by atoms with Gasteiger partial charge in [0, 0.05) is 18.5 Å². The number of nitrogens with one attached hydrogen (secondary N) is 3. The smallest absolute Gasteiger partial charge is 0.229 e. The van der Waals surface area contributed by atoms with Gasteiger partial charge in [0.25, 0.3) is 0 Å². The van der Waals surface area contributed by atoms with Crippen LogP contribution in [0.5, 0.6) is 5.75 Å². The number of methoxy groups -OCH3 is 1. The van der Waals surface area contributed by atoms with E-state index in [4.69, 9.17) is 4.74 Å². The minimum atomic E-state index is -0.485. The number of anilines is 1. The first kappa shape index (κ1) is 18.9. The Hall–Kier alpha value is -2.87. The number of carbonyl (C=O) groups is 2. The molecule has 1 aliphatic rings. The van der Waals surface area contributed by atoms with E-state index in [9.17, 15) is 9.59 Å². The molecule has 0 bridgehead atoms. The molecule has 1 aromatic carbocycles. The van der Waals surface area contributed by atoms with Crippen LogP contribution in [-0.2, 0) is 16.0 Å². The maximum atomic E-state index is 12.5. The Morgan fingerprint density at radius 1 is 1.37 bits per heavy atom. The predicted octanol–water partition coefficient (Wildman–Crippen LogP) is 1.73. The molecule has 0 spiro atoms. The second-order valence-corrected chi connectivity index (χ2v) is 6.63. The summed E-state index contributed by atoms with van der Waals surface area (Å²) in [6.07, 6.45) is 1.02. The third-order valence-electron chi connectivity index (χ3n) is 4.51. The Morgan fingerprint density at radius 2 is 2.11 bits per heavy atom. The van der Waals surface area contributed by atoms with E-state index in [1.807, 2.05) is 38.1 Å². The summed E-state index contributed by atoms with van der Waals surface area (Å²) in [5.41, 5.74) is 1.63. The molecule has 2 heterocycles. The van der Waals surface area contributed by atoms with Gasteiger partial charge in [-0.1, -0.05) is 19.1 Å². The second kappa shape index (κ2) is 8.22. The summed E-state index contributed by atoms with van der Waals surface area (Å²) in [6.45, 7) is 3.87. The molecule has 0 saturated carbocycles. The van der Waals surface area contributed by atoms with Gasteiger partial charge in [-0.2, -0.15) is 5.10 Å². The summed E-state index contributed by atoms with van der Waals surface area (Å²) in [4.78, 5) is 24.4. The van der Waals surface area contributed by atoms with Crippen LogP contribution < -0.4 is 20.7 Å². The lowest BCUT2D eigenvalue weighted by Gasteiger charge is -2.31. The SMILES string of the molecule is CCC1CC(=O)NC(n2nc(C)cc2NC(=O)Cc2ccc(OC)cc2)N1. The average molecular weight is 371 g/mol. The fourth-order valence-corrected chi connectivity index (χ4v) is 3.08. The number of amides is 2. The lowest BCUT2D eigenvalue weighted by Crippen LogP contribution is -2.53. The number of carbonyl (C=O) groups excluding carboxylic acids is 2. The van der Waals surface area contributed by atoms with Gasteiger partial charge in [0.05, 0.1) is 19.2 Å². The summed E-state index contributed by atoms with van der Waals surface area (Å²) >= 11 is 0. The third-order valence-corrected chi connectivity index (χ3v) is 4.51. The van der Waals surface area contributed by atoms with Gasteiger partial charge in [0.15, 0.2) is 6.29 Å². The molecule has 8 nitrogen and oxygen atoms in total. The van der Waals surface area contributed by atoms with E-state index < -0.39 is 6.29 Å². The highest BCUT2D eigenvalue weighted by Gasteiger charge is 2.28. The van der Waals surface area contributed by atoms with Crippen molar-refractivity contribution in [2.24, 2.45) is 0 Å². The molecule has 2 atom stereocenters. The molecule has 144 valence electrons. The van der Waals surface area contributed by atoms with Crippen molar-refractivity contribution in [1.82, 2.24) is 20.4 Å². The Bertz CT molecular complexity index is 815. The average Bonchev–Trinajstić information content (AvgIpc) is 3.01. The van der Waals surface area contributed by atoms with Gasteiger partial charge in [-0.15, -0.1) is 0 Å². The fourth-order valence-electron chi connectivity index (χ4n) is 3.08. The normalized spacial score (nSPS) is 19.4. The molecule has 2 aromatic rings. The molecule has 8 heteroatoms. The summed E-state index contributed by atoms with van der Waals surface area (Å²) in [7, 11) is 1.60. The quantitative estimate of drug-likeness (QED) is 0.718. The van der Waals surface area contributed by atoms with Crippen molar-refractivity contribution in [3.8, 4) is 5.75 Å². The van der Waals surface area contributed by atoms with Crippen molar-refractivity contribution < 1.29 is 14.3 Å². The molecule has 0 radical (unpaired) electrons. The molecule has 2 amide bonds. The van der Waals surface area contributed by atoms with Crippen LogP contribution in [0.4, 0.5) is 5.82 Å². The summed E-state index contributed by atoms with van der Waals surface area (Å²) in [5.74, 6) is 1.10. The Balaban J connectivity index is 1.71. The molecule has 1 aliphatic heterocycles. The standard InChI is InChI=1S/C19H25N5O3/c1-4-14-11-18(26)22-19(20-14)24-16(9-12(2)23-24)21-17(25)10-13-5-7-15(27-3)8-6-13/h5-9,14,19-20H,4,10-11H2,1-3H3,(H,21,25)(H,22,26). The van der Waals surface area contributed by atoms with Gasteiger partial charge in [-0.05, 0) is 31.0 Å². The van der Waals surface area contributed by atoms with E-state index in [2.05, 4.69) is 21.0 Å². The number of nitrogens with zero attached hydrogens (tertiary/aromatic N) is 2. The number of hydrogen-bond donors (Lipinski definition) is 3. The highest BCUT2D eigenvalue weighted by atomic mass is 16.5. The zero-order chi connectivity index (χ0) is 19.4. The Kier molecular flexibility index (Phi) is 5.75. The first-order valence-electron chi connectivity index (χ1n) is 9.03. The Morgan fingerprint density at radius 3 is 2.78 bits per heavy atom. The van der Waals surface area contributed by atoms with Gasteiger partial charge < -0.3 is 15.4 Å². The number of aromatic nitrogens is 2. The number of rotatable bonds is 6. The highest BCUT2D eigenvalue weighted by molar-refractivity contribution is 5.91. The van der Waals surface area contributed by atoms with Gasteiger partial charge in [0.1, 0.15) is 11.6 Å². The molecule has 1 aromatic heterocycles. The maximum Gasteiger partial charge on any atom is 0.229 e. The van der Waals surface area contributed by atoms with E-state index in [0.717, 1.165) is 23.4 Å². The molecule has 3 N–H and O–H groups in total. The van der Waals surface area contributed by atoms with Crippen molar-refractivity contribution in [3.05, 3.63) is 41.6 Å². The van der Waals surface area contributed by atoms with Crippen molar-refractivity contribution >= 4 is 17.6 Å². The van der Waals surface area contributed by atoms with Crippen molar-refractivity contribution in [2.45, 2.75) is 45.4 Å². The number of benzene rings is 1. The second-order valence-electron chi connectivity index (χ2n) is 6.63. The fraction of sp³-hybridized carbons (Fsp3) is 0.421. The van der Waals surface area contributed by atoms with Gasteiger partial charge >= 0.3 is 0 Å². The van der Waals surface area contributed by atoms with Crippen LogP contribution in [0, 0.1) is 6.92 Å². The lowest BCUT2D eigenvalue weighted by molar-refractivity contribution is -0.125. The summed E-state index contributed by atoms with van der Waals surface area (Å²) < 4.78 is 6.74. The minimum Gasteiger partial charge on any atom is -0.497 e. The van der Waals surface area contributed by atoms with Crippen molar-refractivity contribution in [3.63, 3.8) is 0 Å². The minimum absolute atomic E-state index is 0.0331. The molecule has 27 heavy (non-hydrogen) atoms. The van der Waals surface area contributed by atoms with E-state index in [1.54, 1.807) is 17.9 Å². The van der Waals surface area contributed by atoms with E-state index >= 15 is 0 Å². The number of hydrogen-bond acceptors (Lipinski definition) is 5. The van der Waals surface area contributed by atoms with E-state index in [-0.39, 0.29) is 24.3 Å². The monoisotopic (exact) mass is 371 g/mol. The van der Waals surface area contributed by atoms with Crippen LogP contribution >= 0.6 is 0 Å². The number of aryl methyl sites for hydroxylation is 1. The molecule has 1 saturated heterocycles. The van der Waals surface area contributed by atoms with Crippen LogP contribution in [0.2, 0.25) is 0 Å². The number of ether oxygens (including phenoxy) is 1. The topological polar surface area (TPSA) is 97.3 Å². The van der Waals surface area contributed by atoms with Gasteiger partial charge in [-0.3, -0.25) is 14.9 Å². The van der Waals surface area contributed by atoms with Crippen LogP contribution in [-0.4, -0.2) is 34.7 Å². The molecular weight excluding hydrogens is 346 g/mol. The highest BCUT2D eigenvalue weighted by Crippen LogP contribution is 2.19. The van der Waals surface area contributed by atoms with Crippen LogP contribution in [0.1, 0.15) is 37.3 Å². The first-order valence-corrected chi connectivity index (χ1v) is 9.03. The van der Waals surface area contributed by atoms with Crippen LogP contribution in [0.25, 0.3) is 0 Å². The largest absolute Gasteiger partial charge is 0.497 e. The van der Waals surface area contributed by atoms with E-state index in [0.29, 0.717) is 12.2 Å². The summed E-state index contributed by atoms with van der Waals surface area (Å²) in [6, 6.07) is 9.23.